The second kappa shape index (κ2) is 10.6. The zero-order valence-electron chi connectivity index (χ0n) is 18.8. The van der Waals surface area contributed by atoms with Gasteiger partial charge in [0.05, 0.1) is 11.5 Å². The first-order valence-electron chi connectivity index (χ1n) is 10.5. The lowest BCUT2D eigenvalue weighted by Gasteiger charge is -2.27. The fraction of sp³-hybridized carbons (Fsp3) is 0.476. The highest BCUT2D eigenvalue weighted by Crippen LogP contribution is 2.25. The predicted octanol–water partition coefficient (Wildman–Crippen LogP) is 2.24. The molecule has 174 valence electrons. The number of benzene rings is 1. The topological polar surface area (TPSA) is 156 Å². The molecule has 0 fully saturated rings. The normalized spacial score (nSPS) is 10.9. The molecule has 2 aromatic rings. The van der Waals surface area contributed by atoms with E-state index in [1.165, 1.54) is 21.6 Å². The highest BCUT2D eigenvalue weighted by atomic mass is 16.6. The smallest absolute Gasteiger partial charge is 0.330 e. The molecule has 0 bridgehead atoms. The van der Waals surface area contributed by atoms with Crippen LogP contribution in [-0.4, -0.2) is 33.5 Å². The van der Waals surface area contributed by atoms with Crippen molar-refractivity contribution in [2.75, 3.05) is 29.0 Å². The SMILES string of the molecule is CCCCn1c(N)c(N(CC(=O)Nc2ccc(C)cc2[N+](=O)[O-])CC(C)C)c(=O)[nH]c1=O. The largest absolute Gasteiger partial charge is 0.383 e. The third kappa shape index (κ3) is 5.96. The molecule has 0 aliphatic heterocycles. The van der Waals surface area contributed by atoms with E-state index in [-0.39, 0.29) is 35.3 Å². The number of aromatic amines is 1. The second-order valence-corrected chi connectivity index (χ2v) is 8.10. The number of carbonyl (C=O) groups is 1. The highest BCUT2D eigenvalue weighted by Gasteiger charge is 2.23. The second-order valence-electron chi connectivity index (χ2n) is 8.10. The molecule has 0 aliphatic carbocycles. The van der Waals surface area contributed by atoms with Gasteiger partial charge in [0, 0.05) is 19.2 Å². The van der Waals surface area contributed by atoms with Gasteiger partial charge < -0.3 is 16.0 Å². The van der Waals surface area contributed by atoms with Gasteiger partial charge in [0.25, 0.3) is 11.2 Å². The van der Waals surface area contributed by atoms with Crippen LogP contribution in [0.2, 0.25) is 0 Å². The van der Waals surface area contributed by atoms with Crippen molar-refractivity contribution in [1.82, 2.24) is 9.55 Å². The fourth-order valence-corrected chi connectivity index (χ4v) is 3.36. The number of carbonyl (C=O) groups excluding carboxylic acids is 1. The van der Waals surface area contributed by atoms with Crippen LogP contribution in [-0.2, 0) is 11.3 Å². The van der Waals surface area contributed by atoms with E-state index >= 15 is 0 Å². The van der Waals surface area contributed by atoms with Gasteiger partial charge in [-0.1, -0.05) is 33.3 Å². The summed E-state index contributed by atoms with van der Waals surface area (Å²) in [7, 11) is 0. The number of nitrogens with one attached hydrogen (secondary N) is 2. The zero-order chi connectivity index (χ0) is 24.0. The van der Waals surface area contributed by atoms with E-state index in [4.69, 9.17) is 5.73 Å². The molecule has 11 heteroatoms. The number of nitro benzene ring substituents is 1. The average molecular weight is 447 g/mol. The molecule has 4 N–H and O–H groups in total. The van der Waals surface area contributed by atoms with Crippen molar-refractivity contribution < 1.29 is 9.72 Å². The van der Waals surface area contributed by atoms with Crippen molar-refractivity contribution in [3.05, 3.63) is 54.7 Å². The van der Waals surface area contributed by atoms with Crippen LogP contribution in [0.1, 0.15) is 39.2 Å². The molecule has 0 aliphatic rings. The summed E-state index contributed by atoms with van der Waals surface area (Å²) in [5, 5.41) is 13.9. The molecule has 1 amide bonds. The summed E-state index contributed by atoms with van der Waals surface area (Å²) >= 11 is 0. The number of nitrogen functional groups attached to an aromatic ring is 1. The Morgan fingerprint density at radius 3 is 2.62 bits per heavy atom. The Labute approximate surface area is 185 Å². The van der Waals surface area contributed by atoms with Crippen LogP contribution in [0.4, 0.5) is 22.9 Å². The maximum atomic E-state index is 12.8. The van der Waals surface area contributed by atoms with E-state index in [1.54, 1.807) is 13.0 Å². The van der Waals surface area contributed by atoms with E-state index in [2.05, 4.69) is 10.3 Å². The van der Waals surface area contributed by atoms with Gasteiger partial charge in [-0.2, -0.15) is 0 Å². The van der Waals surface area contributed by atoms with Gasteiger partial charge in [-0.15, -0.1) is 0 Å². The van der Waals surface area contributed by atoms with Gasteiger partial charge >= 0.3 is 5.69 Å². The van der Waals surface area contributed by atoms with Gasteiger partial charge in [0.2, 0.25) is 5.91 Å². The Morgan fingerprint density at radius 1 is 1.34 bits per heavy atom. The highest BCUT2D eigenvalue weighted by molar-refractivity contribution is 5.96. The first kappa shape index (κ1) is 24.6. The molecule has 0 atom stereocenters. The molecule has 0 spiro atoms. The minimum Gasteiger partial charge on any atom is -0.383 e. The molecule has 0 saturated carbocycles. The molecule has 0 radical (unpaired) electrons. The quantitative estimate of drug-likeness (QED) is 0.373. The van der Waals surface area contributed by atoms with Crippen molar-refractivity contribution in [1.29, 1.82) is 0 Å². The number of unbranched alkanes of at least 4 members (excludes halogenated alkanes) is 1. The summed E-state index contributed by atoms with van der Waals surface area (Å²) in [5.41, 5.74) is 5.46. The molecular weight excluding hydrogens is 416 g/mol. The number of aromatic nitrogens is 2. The lowest BCUT2D eigenvalue weighted by molar-refractivity contribution is -0.384. The Balaban J connectivity index is 2.40. The van der Waals surface area contributed by atoms with E-state index in [9.17, 15) is 24.5 Å². The number of anilines is 3. The lowest BCUT2D eigenvalue weighted by atomic mass is 10.2. The molecule has 1 aromatic heterocycles. The van der Waals surface area contributed by atoms with Crippen LogP contribution in [0, 0.1) is 23.0 Å². The Kier molecular flexibility index (Phi) is 8.16. The summed E-state index contributed by atoms with van der Waals surface area (Å²) in [5.74, 6) is -0.504. The third-order valence-electron chi connectivity index (χ3n) is 4.81. The summed E-state index contributed by atoms with van der Waals surface area (Å²) < 4.78 is 1.29. The van der Waals surface area contributed by atoms with Crippen LogP contribution in [0.15, 0.2) is 27.8 Å². The number of H-pyrrole nitrogens is 1. The van der Waals surface area contributed by atoms with Crippen molar-refractivity contribution in [2.45, 2.75) is 47.1 Å². The van der Waals surface area contributed by atoms with Gasteiger partial charge in [-0.05, 0) is 30.9 Å². The van der Waals surface area contributed by atoms with Crippen LogP contribution >= 0.6 is 0 Å². The number of hydrogen-bond donors (Lipinski definition) is 3. The number of rotatable bonds is 10. The molecule has 11 nitrogen and oxygen atoms in total. The van der Waals surface area contributed by atoms with Crippen molar-refractivity contribution >= 4 is 28.8 Å². The maximum Gasteiger partial charge on any atom is 0.330 e. The Morgan fingerprint density at radius 2 is 2.03 bits per heavy atom. The number of amides is 1. The minimum absolute atomic E-state index is 0.0121. The molecule has 1 aromatic carbocycles. The molecule has 32 heavy (non-hydrogen) atoms. The minimum atomic E-state index is -0.685. The van der Waals surface area contributed by atoms with E-state index in [1.807, 2.05) is 20.8 Å². The maximum absolute atomic E-state index is 12.8. The zero-order valence-corrected chi connectivity index (χ0v) is 18.8. The summed E-state index contributed by atoms with van der Waals surface area (Å²) in [4.78, 5) is 52.2. The number of nitrogens with zero attached hydrogens (tertiary/aromatic N) is 3. The van der Waals surface area contributed by atoms with Crippen molar-refractivity contribution in [3.63, 3.8) is 0 Å². The lowest BCUT2D eigenvalue weighted by Crippen LogP contribution is -2.43. The fourth-order valence-electron chi connectivity index (χ4n) is 3.36. The van der Waals surface area contributed by atoms with Gasteiger partial charge in [0.15, 0.2) is 0 Å². The molecule has 1 heterocycles. The number of nitrogens with two attached hydrogens (primary N) is 1. The molecule has 2 rings (SSSR count). The first-order chi connectivity index (χ1) is 15.0. The Hall–Kier alpha value is -3.63. The van der Waals surface area contributed by atoms with E-state index in [0.29, 0.717) is 25.1 Å². The third-order valence-corrected chi connectivity index (χ3v) is 4.81. The molecule has 0 saturated heterocycles. The number of hydrogen-bond acceptors (Lipinski definition) is 7. The van der Waals surface area contributed by atoms with Gasteiger partial charge in [-0.3, -0.25) is 29.3 Å². The molecular formula is C21H30N6O5. The van der Waals surface area contributed by atoms with Crippen LogP contribution in [0.25, 0.3) is 0 Å². The molecule has 0 unspecified atom stereocenters. The van der Waals surface area contributed by atoms with Gasteiger partial charge in [0.1, 0.15) is 17.2 Å². The van der Waals surface area contributed by atoms with Crippen LogP contribution < -0.4 is 27.2 Å². The van der Waals surface area contributed by atoms with E-state index in [0.717, 1.165) is 6.42 Å². The standard InChI is InChI=1S/C21H30N6O5/c1-5-6-9-26-19(22)18(20(29)24-21(26)30)25(11-13(2)3)12-17(28)23-15-8-7-14(4)10-16(15)27(31)32/h7-8,10,13H,5-6,9,11-12,22H2,1-4H3,(H,23,28)(H,24,29,30). The predicted molar refractivity (Wildman–Crippen MR) is 124 cm³/mol. The van der Waals surface area contributed by atoms with Crippen LogP contribution in [0.3, 0.4) is 0 Å². The number of aryl methyl sites for hydroxylation is 1. The summed E-state index contributed by atoms with van der Waals surface area (Å²) in [6, 6.07) is 4.48. The van der Waals surface area contributed by atoms with Gasteiger partial charge in [-0.25, -0.2) is 4.79 Å². The average Bonchev–Trinajstić information content (AvgIpc) is 2.68. The first-order valence-corrected chi connectivity index (χ1v) is 10.5. The van der Waals surface area contributed by atoms with E-state index < -0.39 is 22.1 Å². The van der Waals surface area contributed by atoms with Crippen molar-refractivity contribution in [3.8, 4) is 0 Å². The summed E-state index contributed by atoms with van der Waals surface area (Å²) in [6.07, 6.45) is 1.52. The van der Waals surface area contributed by atoms with Crippen molar-refractivity contribution in [2.24, 2.45) is 5.92 Å². The summed E-state index contributed by atoms with van der Waals surface area (Å²) in [6.45, 7) is 7.87. The van der Waals surface area contributed by atoms with Crippen LogP contribution in [0.5, 0.6) is 0 Å². The number of nitro groups is 1. The monoisotopic (exact) mass is 446 g/mol. The Bertz CT molecular complexity index is 1100.